The minimum Gasteiger partial charge on any atom is -0.456 e. The van der Waals surface area contributed by atoms with Gasteiger partial charge in [-0.3, -0.25) is 0 Å². The molecule has 18 rings (SSSR count). The lowest BCUT2D eigenvalue weighted by atomic mass is 9.49. The van der Waals surface area contributed by atoms with E-state index in [1.165, 1.54) is 32.3 Å². The Morgan fingerprint density at radius 1 is 0.320 bits per heavy atom. The van der Waals surface area contributed by atoms with Gasteiger partial charge in [0.25, 0.3) is 0 Å². The van der Waals surface area contributed by atoms with Crippen LogP contribution in [0.1, 0.15) is 90.5 Å². The van der Waals surface area contributed by atoms with Crippen LogP contribution in [-0.4, -0.2) is 71.9 Å². The molecule has 3 saturated heterocycles. The maximum atomic E-state index is 8.58. The molecule has 0 bridgehead atoms. The minimum absolute atomic E-state index is 0. The molecule has 0 aliphatic carbocycles. The molecular weight excluding hydrogens is 1390 g/mol. The number of furan rings is 3. The van der Waals surface area contributed by atoms with E-state index in [4.69, 9.17) is 74.4 Å². The van der Waals surface area contributed by atoms with Crippen molar-refractivity contribution in [3.8, 4) is 22.3 Å². The molecule has 2 N–H and O–H groups in total. The van der Waals surface area contributed by atoms with Gasteiger partial charge in [-0.25, -0.2) is 0 Å². The Hall–Kier alpha value is -8.18. The first-order valence-electron chi connectivity index (χ1n) is 34.3. The summed E-state index contributed by atoms with van der Waals surface area (Å²) in [5, 5.41) is 32.0. The third kappa shape index (κ3) is 14.5. The molecule has 3 fully saturated rings. The van der Waals surface area contributed by atoms with Gasteiger partial charge in [-0.15, -0.1) is 0 Å². The van der Waals surface area contributed by atoms with Crippen molar-refractivity contribution in [1.29, 1.82) is 0 Å². The number of hydrogen-bond donors (Lipinski definition) is 2. The lowest BCUT2D eigenvalue weighted by molar-refractivity contribution is 0.00578. The summed E-state index contributed by atoms with van der Waals surface area (Å²) in [5.41, 5.74) is 8.64. The summed E-state index contributed by atoms with van der Waals surface area (Å²) in [5.74, 6) is 0. The Bertz CT molecular complexity index is 5540. The molecule has 15 aromatic rings. The Kier molecular flexibility index (Phi) is 20.1. The molecule has 0 unspecified atom stereocenters. The second kappa shape index (κ2) is 28.4. The molecule has 3 aromatic heterocycles. The zero-order valence-corrected chi connectivity index (χ0v) is 62.1. The van der Waals surface area contributed by atoms with Gasteiger partial charge in [0.05, 0.1) is 43.7 Å². The first-order chi connectivity index (χ1) is 48.5. The highest BCUT2D eigenvalue weighted by atomic mass is 79.9. The van der Waals surface area contributed by atoms with E-state index in [1.54, 1.807) is 24.3 Å². The van der Waals surface area contributed by atoms with Crippen molar-refractivity contribution >= 4 is 176 Å². The predicted octanol–water partition coefficient (Wildman–Crippen LogP) is 22.2. The molecule has 11 nitrogen and oxygen atoms in total. The maximum Gasteiger partial charge on any atom is 0.498 e. The molecule has 103 heavy (non-hydrogen) atoms. The average Bonchev–Trinajstić information content (AvgIpc) is 1.62. The van der Waals surface area contributed by atoms with Gasteiger partial charge in [-0.1, -0.05) is 216 Å². The smallest absolute Gasteiger partial charge is 0.456 e. The molecule has 12 aromatic carbocycles. The summed E-state index contributed by atoms with van der Waals surface area (Å²) in [6, 6.07) is 79.6. The second-order valence-corrected chi connectivity index (χ2v) is 31.0. The summed E-state index contributed by atoms with van der Waals surface area (Å²) in [4.78, 5) is 0. The number of benzene rings is 12. The van der Waals surface area contributed by atoms with Crippen LogP contribution in [0.5, 0.6) is 0 Å². The zero-order valence-electron chi connectivity index (χ0n) is 59.0. The molecule has 3 aliphatic heterocycles. The topological polar surface area (TPSA) is 135 Å². The van der Waals surface area contributed by atoms with Gasteiger partial charge in [0.15, 0.2) is 11.2 Å². The molecule has 6 heterocycles. The number of rotatable bonds is 5. The normalized spacial score (nSPS) is 16.7. The number of halogens is 3. The van der Waals surface area contributed by atoms with E-state index in [0.717, 1.165) is 98.0 Å². The Morgan fingerprint density at radius 3 is 0.990 bits per heavy atom. The quantitative estimate of drug-likeness (QED) is 0.159. The third-order valence-electron chi connectivity index (χ3n) is 20.8. The van der Waals surface area contributed by atoms with Gasteiger partial charge < -0.3 is 51.2 Å². The lowest BCUT2D eigenvalue weighted by Gasteiger charge is -2.32. The van der Waals surface area contributed by atoms with E-state index in [9.17, 15) is 0 Å². The average molecular weight is 1470 g/mol. The van der Waals surface area contributed by atoms with Crippen molar-refractivity contribution in [2.45, 2.75) is 124 Å². The third-order valence-corrected chi connectivity index (χ3v) is 21.8. The molecule has 0 radical (unpaired) electrons. The summed E-state index contributed by atoms with van der Waals surface area (Å²) in [7, 11) is -2.79. The van der Waals surface area contributed by atoms with Crippen molar-refractivity contribution in [1.82, 2.24) is 0 Å². The largest absolute Gasteiger partial charge is 0.498 e. The summed E-state index contributed by atoms with van der Waals surface area (Å²) in [6.45, 7) is 24.5. The van der Waals surface area contributed by atoms with E-state index in [0.29, 0.717) is 15.5 Å². The molecule has 18 heteroatoms. The number of fused-ring (bicyclic) bond motifs is 12. The van der Waals surface area contributed by atoms with Crippen LogP contribution >= 0.6 is 39.1 Å². The fourth-order valence-corrected chi connectivity index (χ4v) is 14.1. The molecule has 0 spiro atoms. The summed E-state index contributed by atoms with van der Waals surface area (Å²) >= 11 is 16.2. The van der Waals surface area contributed by atoms with Crippen LogP contribution in [0.4, 0.5) is 0 Å². The highest BCUT2D eigenvalue weighted by Crippen LogP contribution is 2.45. The van der Waals surface area contributed by atoms with Crippen LogP contribution < -0.4 is 10.9 Å². The van der Waals surface area contributed by atoms with Gasteiger partial charge in [0.2, 0.25) is 0 Å². The Labute approximate surface area is 620 Å². The summed E-state index contributed by atoms with van der Waals surface area (Å²) < 4.78 is 56.1. The van der Waals surface area contributed by atoms with Crippen molar-refractivity contribution < 1.29 is 51.2 Å². The van der Waals surface area contributed by atoms with E-state index >= 15 is 0 Å². The van der Waals surface area contributed by atoms with Gasteiger partial charge in [-0.2, -0.15) is 0 Å². The zero-order chi connectivity index (χ0) is 71.8. The van der Waals surface area contributed by atoms with Crippen LogP contribution in [0.3, 0.4) is 0 Å². The minimum atomic E-state index is -1.34. The lowest BCUT2D eigenvalue weighted by Crippen LogP contribution is -2.41. The predicted molar refractivity (Wildman–Crippen MR) is 433 cm³/mol. The van der Waals surface area contributed by atoms with Crippen molar-refractivity contribution in [3.05, 3.63) is 251 Å². The van der Waals surface area contributed by atoms with Gasteiger partial charge in [-0.05, 0) is 210 Å². The van der Waals surface area contributed by atoms with Crippen molar-refractivity contribution in [3.63, 3.8) is 0 Å². The van der Waals surface area contributed by atoms with Gasteiger partial charge in [0, 0.05) is 42.3 Å². The summed E-state index contributed by atoms with van der Waals surface area (Å²) in [6.07, 6.45) is 0. The standard InChI is InChI=1S/C28H25BO3.C22H13ClO.C16H8BrClO.C12H24B2O4.C6H7BO2.CH4/c1-27(2)28(3,4)32-29(31-27)24-16-21(18-10-6-5-7-11-18)15-23-22-14-19-12-8-9-13-20(19)17-25(22)30-26(23)24;23-20-12-17(14-6-2-1-3-7-14)11-19-18-10-15-8-4-5-9-16(15)13-21(18)24-22(19)20;17-11-7-13-12-5-9-3-1-2-4-10(9)6-15(12)19-16(13)14(18)8-11;1-9(2)10(3,4)16-13(15-9)14-17-11(5,6)12(7,8)18-14;8-7(9)6-4-2-1-3-5-6;/h5-17H,1-4H3;1-13H;1-8H;1-8H3;1-5,8-9H;1H4. The first kappa shape index (κ1) is 73.1. The fourth-order valence-electron chi connectivity index (χ4n) is 13.0. The second-order valence-electron chi connectivity index (χ2n) is 29.3. The maximum absolute atomic E-state index is 8.58. The molecule has 0 atom stereocenters. The fraction of sp³-hybridized carbons (Fsp3) is 0.224. The Morgan fingerprint density at radius 2 is 0.621 bits per heavy atom. The van der Waals surface area contributed by atoms with Crippen molar-refractivity contribution in [2.75, 3.05) is 0 Å². The molecule has 3 aliphatic rings. The van der Waals surface area contributed by atoms with Crippen LogP contribution in [0.15, 0.2) is 254 Å². The highest BCUT2D eigenvalue weighted by Gasteiger charge is 2.64. The number of hydrogen-bond acceptors (Lipinski definition) is 11. The first-order valence-corrected chi connectivity index (χ1v) is 35.8. The Balaban J connectivity index is 0.000000120. The SMILES string of the molecule is C.CC1(C)OB(B2OC(C)(C)C(C)(C)O2)OC1(C)C.CC1(C)OB(c2cc(-c3ccccc3)cc3c2oc2cc4ccccc4cc23)OC1(C)C.Clc1cc(-c2ccccc2)cc2c1oc1cc3ccccc3cc12.Clc1cc(Br)cc2c1oc1cc3ccccc3cc12.OB(O)c1ccccc1. The monoisotopic (exact) mass is 1470 g/mol. The van der Waals surface area contributed by atoms with E-state index < -0.39 is 39.5 Å². The van der Waals surface area contributed by atoms with Crippen molar-refractivity contribution in [2.24, 2.45) is 0 Å². The molecule has 0 amide bonds. The van der Waals surface area contributed by atoms with Crippen LogP contribution in [0, 0.1) is 0 Å². The van der Waals surface area contributed by atoms with Crippen LogP contribution in [0.2, 0.25) is 10.0 Å². The van der Waals surface area contributed by atoms with E-state index in [2.05, 4.69) is 189 Å². The molecule has 0 saturated carbocycles. The van der Waals surface area contributed by atoms with E-state index in [-0.39, 0.29) is 29.8 Å². The van der Waals surface area contributed by atoms with Crippen LogP contribution in [-0.2, 0) is 27.9 Å². The van der Waals surface area contributed by atoms with Crippen LogP contribution in [0.25, 0.3) is 120 Å². The highest BCUT2D eigenvalue weighted by molar-refractivity contribution is 9.10. The van der Waals surface area contributed by atoms with Gasteiger partial charge >= 0.3 is 28.3 Å². The molecular formula is C85H81B4BrCl2O11. The molecule has 520 valence electrons. The van der Waals surface area contributed by atoms with Gasteiger partial charge in [0.1, 0.15) is 22.3 Å². The van der Waals surface area contributed by atoms with E-state index in [1.807, 2.05) is 122 Å².